The molecule has 0 saturated heterocycles. The first-order valence-corrected chi connectivity index (χ1v) is 7.89. The first-order valence-electron chi connectivity index (χ1n) is 7.89. The fraction of sp³-hybridized carbons (Fsp3) is 0.167. The second kappa shape index (κ2) is 7.04. The van der Waals surface area contributed by atoms with Crippen molar-refractivity contribution in [3.63, 3.8) is 0 Å². The molecule has 0 aliphatic heterocycles. The van der Waals surface area contributed by atoms with Crippen molar-refractivity contribution in [2.24, 2.45) is 0 Å². The molecule has 1 unspecified atom stereocenters. The molecule has 128 valence electrons. The quantitative estimate of drug-likeness (QED) is 0.684. The molecule has 3 rings (SSSR count). The molecule has 0 aliphatic rings. The summed E-state index contributed by atoms with van der Waals surface area (Å²) in [7, 11) is 1.55. The predicted octanol–water partition coefficient (Wildman–Crippen LogP) is 2.99. The molecule has 7 heteroatoms. The van der Waals surface area contributed by atoms with E-state index < -0.39 is 6.04 Å². The van der Waals surface area contributed by atoms with Crippen LogP contribution in [-0.2, 0) is 4.79 Å². The molecule has 25 heavy (non-hydrogen) atoms. The molecule has 1 atom stereocenters. The average Bonchev–Trinajstić information content (AvgIpc) is 3.06. The van der Waals surface area contributed by atoms with Crippen molar-refractivity contribution < 1.29 is 9.59 Å². The third-order valence-electron chi connectivity index (χ3n) is 3.92. The van der Waals surface area contributed by atoms with Gasteiger partial charge in [0, 0.05) is 18.4 Å². The highest BCUT2D eigenvalue weighted by molar-refractivity contribution is 5.95. The van der Waals surface area contributed by atoms with Crippen molar-refractivity contribution in [1.82, 2.24) is 14.9 Å². The van der Waals surface area contributed by atoms with Gasteiger partial charge in [0.1, 0.15) is 6.04 Å². The predicted molar refractivity (Wildman–Crippen MR) is 97.6 cm³/mol. The van der Waals surface area contributed by atoms with Crippen molar-refractivity contribution in [2.75, 3.05) is 17.7 Å². The van der Waals surface area contributed by atoms with Crippen molar-refractivity contribution in [2.45, 2.75) is 13.0 Å². The number of anilines is 2. The molecule has 2 aromatic carbocycles. The molecule has 3 N–H and O–H groups in total. The number of hydrogen-bond acceptors (Lipinski definition) is 3. The highest BCUT2D eigenvalue weighted by Crippen LogP contribution is 2.20. The maximum absolute atomic E-state index is 12.5. The van der Waals surface area contributed by atoms with Crippen LogP contribution < -0.4 is 16.0 Å². The summed E-state index contributed by atoms with van der Waals surface area (Å²) in [6.07, 6.45) is 1.67. The first kappa shape index (κ1) is 16.5. The van der Waals surface area contributed by atoms with Gasteiger partial charge in [0.15, 0.2) is 0 Å². The molecule has 1 heterocycles. The number of para-hydroxylation sites is 2. The number of nitrogens with one attached hydrogen (secondary N) is 3. The lowest BCUT2D eigenvalue weighted by Crippen LogP contribution is -2.24. The van der Waals surface area contributed by atoms with E-state index in [0.717, 1.165) is 11.0 Å². The van der Waals surface area contributed by atoms with E-state index in [1.54, 1.807) is 37.6 Å². The molecule has 1 aromatic heterocycles. The molecule has 3 aromatic rings. The van der Waals surface area contributed by atoms with Crippen LogP contribution in [0.4, 0.5) is 16.2 Å². The minimum Gasteiger partial charge on any atom is -0.341 e. The number of imidazole rings is 1. The third kappa shape index (κ3) is 3.60. The lowest BCUT2D eigenvalue weighted by molar-refractivity contribution is -0.118. The smallest absolute Gasteiger partial charge is 0.318 e. The lowest BCUT2D eigenvalue weighted by atomic mass is 10.2. The molecule has 0 bridgehead atoms. The fourth-order valence-electron chi connectivity index (χ4n) is 2.49. The fourth-order valence-corrected chi connectivity index (χ4v) is 2.49. The van der Waals surface area contributed by atoms with Gasteiger partial charge in [0.25, 0.3) is 0 Å². The standard InChI is InChI=1S/C18H19N5O2/c1-12(23-11-20-15-5-3-4-6-16(15)23)17(24)21-13-7-9-14(10-8-13)22-18(25)19-2/h3-12H,1-2H3,(H,21,24)(H2,19,22,25). The van der Waals surface area contributed by atoms with Crippen LogP contribution in [0.1, 0.15) is 13.0 Å². The number of rotatable bonds is 4. The van der Waals surface area contributed by atoms with Gasteiger partial charge in [0.2, 0.25) is 5.91 Å². The number of benzene rings is 2. The van der Waals surface area contributed by atoms with E-state index in [1.807, 2.05) is 35.8 Å². The number of fused-ring (bicyclic) bond motifs is 1. The van der Waals surface area contributed by atoms with Gasteiger partial charge in [-0.05, 0) is 43.3 Å². The molecular weight excluding hydrogens is 318 g/mol. The van der Waals surface area contributed by atoms with Crippen molar-refractivity contribution in [3.8, 4) is 0 Å². The number of amides is 3. The Labute approximate surface area is 145 Å². The number of carbonyl (C=O) groups is 2. The summed E-state index contributed by atoms with van der Waals surface area (Å²) in [5.41, 5.74) is 3.07. The summed E-state index contributed by atoms with van der Waals surface area (Å²) in [5.74, 6) is -0.143. The minimum atomic E-state index is -0.406. The van der Waals surface area contributed by atoms with Gasteiger partial charge in [-0.3, -0.25) is 4.79 Å². The summed E-state index contributed by atoms with van der Waals surface area (Å²) in [6, 6.07) is 13.9. The first-order chi connectivity index (χ1) is 12.1. The van der Waals surface area contributed by atoms with E-state index in [-0.39, 0.29) is 11.9 Å². The second-order valence-corrected chi connectivity index (χ2v) is 5.59. The normalized spacial score (nSPS) is 11.8. The summed E-state index contributed by atoms with van der Waals surface area (Å²) >= 11 is 0. The van der Waals surface area contributed by atoms with E-state index in [9.17, 15) is 9.59 Å². The summed E-state index contributed by atoms with van der Waals surface area (Å²) < 4.78 is 1.84. The molecule has 0 saturated carbocycles. The van der Waals surface area contributed by atoms with Crippen LogP contribution in [-0.4, -0.2) is 28.5 Å². The van der Waals surface area contributed by atoms with Crippen molar-refractivity contribution >= 4 is 34.3 Å². The van der Waals surface area contributed by atoms with Gasteiger partial charge in [-0.25, -0.2) is 9.78 Å². The maximum atomic E-state index is 12.5. The van der Waals surface area contributed by atoms with Gasteiger partial charge in [-0.2, -0.15) is 0 Å². The number of hydrogen-bond donors (Lipinski definition) is 3. The summed E-state index contributed by atoms with van der Waals surface area (Å²) in [6.45, 7) is 1.82. The van der Waals surface area contributed by atoms with Gasteiger partial charge < -0.3 is 20.5 Å². The average molecular weight is 337 g/mol. The molecule has 0 radical (unpaired) electrons. The number of urea groups is 1. The minimum absolute atomic E-state index is 0.143. The second-order valence-electron chi connectivity index (χ2n) is 5.59. The summed E-state index contributed by atoms with van der Waals surface area (Å²) in [5, 5.41) is 8.01. The molecule has 7 nitrogen and oxygen atoms in total. The van der Waals surface area contributed by atoms with Crippen LogP contribution in [0.3, 0.4) is 0 Å². The Kier molecular flexibility index (Phi) is 4.65. The van der Waals surface area contributed by atoms with Crippen LogP contribution in [0.15, 0.2) is 54.9 Å². The Morgan fingerprint density at radius 1 is 1.00 bits per heavy atom. The maximum Gasteiger partial charge on any atom is 0.318 e. The zero-order valence-electron chi connectivity index (χ0n) is 14.0. The van der Waals surface area contributed by atoms with Gasteiger partial charge >= 0.3 is 6.03 Å². The third-order valence-corrected chi connectivity index (χ3v) is 3.92. The Morgan fingerprint density at radius 3 is 2.32 bits per heavy atom. The zero-order valence-corrected chi connectivity index (χ0v) is 14.0. The van der Waals surface area contributed by atoms with Crippen molar-refractivity contribution in [3.05, 3.63) is 54.9 Å². The Bertz CT molecular complexity index is 901. The number of carbonyl (C=O) groups excluding carboxylic acids is 2. The van der Waals surface area contributed by atoms with Crippen LogP contribution in [0.25, 0.3) is 11.0 Å². The Hall–Kier alpha value is -3.35. The van der Waals surface area contributed by atoms with E-state index in [0.29, 0.717) is 11.4 Å². The SMILES string of the molecule is CNC(=O)Nc1ccc(NC(=O)C(C)n2cnc3ccccc32)cc1. The number of aromatic nitrogens is 2. The zero-order chi connectivity index (χ0) is 17.8. The van der Waals surface area contributed by atoms with Gasteiger partial charge in [-0.1, -0.05) is 12.1 Å². The van der Waals surface area contributed by atoms with Crippen LogP contribution in [0.2, 0.25) is 0 Å². The van der Waals surface area contributed by atoms with E-state index in [1.165, 1.54) is 0 Å². The van der Waals surface area contributed by atoms with Crippen LogP contribution in [0, 0.1) is 0 Å². The highest BCUT2D eigenvalue weighted by atomic mass is 16.2. The van der Waals surface area contributed by atoms with E-state index in [4.69, 9.17) is 0 Å². The lowest BCUT2D eigenvalue weighted by Gasteiger charge is -2.15. The van der Waals surface area contributed by atoms with E-state index in [2.05, 4.69) is 20.9 Å². The topological polar surface area (TPSA) is 88.0 Å². The molecule has 0 fully saturated rings. The molecule has 0 spiro atoms. The van der Waals surface area contributed by atoms with Crippen LogP contribution >= 0.6 is 0 Å². The Balaban J connectivity index is 1.70. The van der Waals surface area contributed by atoms with Crippen LogP contribution in [0.5, 0.6) is 0 Å². The van der Waals surface area contributed by atoms with Gasteiger partial charge in [0.05, 0.1) is 17.4 Å². The molecule has 3 amide bonds. The monoisotopic (exact) mass is 337 g/mol. The summed E-state index contributed by atoms with van der Waals surface area (Å²) in [4.78, 5) is 28.1. The van der Waals surface area contributed by atoms with Crippen molar-refractivity contribution in [1.29, 1.82) is 0 Å². The number of nitrogens with zero attached hydrogens (tertiary/aromatic N) is 2. The molecular formula is C18H19N5O2. The largest absolute Gasteiger partial charge is 0.341 e. The highest BCUT2D eigenvalue weighted by Gasteiger charge is 2.17. The van der Waals surface area contributed by atoms with Gasteiger partial charge in [-0.15, -0.1) is 0 Å². The Morgan fingerprint density at radius 2 is 1.64 bits per heavy atom. The van der Waals surface area contributed by atoms with E-state index >= 15 is 0 Å². The molecule has 0 aliphatic carbocycles.